The predicted octanol–water partition coefficient (Wildman–Crippen LogP) is 1.75. The highest BCUT2D eigenvalue weighted by Crippen LogP contribution is 2.24. The van der Waals surface area contributed by atoms with Crippen LogP contribution in [-0.4, -0.2) is 74.0 Å². The highest BCUT2D eigenvalue weighted by atomic mass is 16.5. The summed E-state index contributed by atoms with van der Waals surface area (Å²) in [7, 11) is 1.67. The largest absolute Gasteiger partial charge is 0.497 e. The van der Waals surface area contributed by atoms with Crippen LogP contribution >= 0.6 is 0 Å². The predicted molar refractivity (Wildman–Crippen MR) is 121 cm³/mol. The van der Waals surface area contributed by atoms with Crippen LogP contribution in [0.1, 0.15) is 30.2 Å². The fraction of sp³-hybridized carbons (Fsp3) is 0.478. The van der Waals surface area contributed by atoms with Gasteiger partial charge in [0.1, 0.15) is 5.75 Å². The number of rotatable bonds is 9. The lowest BCUT2D eigenvalue weighted by Crippen LogP contribution is -2.42. The third kappa shape index (κ3) is 6.92. The molecule has 0 aliphatic carbocycles. The number of nitrogens with zero attached hydrogens (tertiary/aromatic N) is 3. The molecule has 1 saturated heterocycles. The Labute approximate surface area is 184 Å². The van der Waals surface area contributed by atoms with Crippen molar-refractivity contribution >= 4 is 5.96 Å². The van der Waals surface area contributed by atoms with Crippen LogP contribution in [-0.2, 0) is 4.74 Å². The van der Waals surface area contributed by atoms with E-state index in [-0.39, 0.29) is 6.04 Å². The SMILES string of the molecule is CCNC(=NCC(c1ccc(OC)cc1)N1CCOCC1)NCC(O)c1ccncc1. The third-order valence-electron chi connectivity index (χ3n) is 5.31. The second kappa shape index (κ2) is 12.2. The molecule has 1 aliphatic heterocycles. The number of hydrogen-bond donors (Lipinski definition) is 3. The number of methoxy groups -OCH3 is 1. The zero-order chi connectivity index (χ0) is 21.9. The van der Waals surface area contributed by atoms with Crippen molar-refractivity contribution in [3.05, 3.63) is 59.9 Å². The number of nitrogens with one attached hydrogen (secondary N) is 2. The normalized spacial score (nSPS) is 17.1. The smallest absolute Gasteiger partial charge is 0.191 e. The average molecular weight is 428 g/mol. The lowest BCUT2D eigenvalue weighted by Gasteiger charge is -2.34. The molecule has 0 spiro atoms. The fourth-order valence-electron chi connectivity index (χ4n) is 3.56. The number of aliphatic hydroxyl groups excluding tert-OH is 1. The maximum absolute atomic E-state index is 10.4. The minimum absolute atomic E-state index is 0.135. The van der Waals surface area contributed by atoms with E-state index in [1.54, 1.807) is 19.5 Å². The maximum Gasteiger partial charge on any atom is 0.191 e. The Bertz CT molecular complexity index is 795. The molecule has 2 unspecified atom stereocenters. The van der Waals surface area contributed by atoms with Gasteiger partial charge in [-0.15, -0.1) is 0 Å². The van der Waals surface area contributed by atoms with Gasteiger partial charge in [0.15, 0.2) is 5.96 Å². The molecule has 3 N–H and O–H groups in total. The van der Waals surface area contributed by atoms with Gasteiger partial charge in [0, 0.05) is 38.6 Å². The van der Waals surface area contributed by atoms with Gasteiger partial charge in [-0.2, -0.15) is 0 Å². The van der Waals surface area contributed by atoms with Crippen molar-refractivity contribution < 1.29 is 14.6 Å². The Morgan fingerprint density at radius 1 is 1.13 bits per heavy atom. The molecule has 2 aromatic rings. The number of aromatic nitrogens is 1. The zero-order valence-electron chi connectivity index (χ0n) is 18.3. The summed E-state index contributed by atoms with van der Waals surface area (Å²) < 4.78 is 10.8. The first-order valence-electron chi connectivity index (χ1n) is 10.8. The molecule has 31 heavy (non-hydrogen) atoms. The number of ether oxygens (including phenoxy) is 2. The number of aliphatic imine (C=N–C) groups is 1. The van der Waals surface area contributed by atoms with Crippen molar-refractivity contribution in [2.45, 2.75) is 19.1 Å². The average Bonchev–Trinajstić information content (AvgIpc) is 2.84. The van der Waals surface area contributed by atoms with E-state index in [1.807, 2.05) is 31.2 Å². The van der Waals surface area contributed by atoms with Crippen molar-refractivity contribution in [3.8, 4) is 5.75 Å². The second-order valence-corrected chi connectivity index (χ2v) is 7.33. The van der Waals surface area contributed by atoms with Crippen LogP contribution in [0.5, 0.6) is 5.75 Å². The first-order valence-corrected chi connectivity index (χ1v) is 10.8. The number of morpholine rings is 1. The van der Waals surface area contributed by atoms with Crippen LogP contribution in [0.15, 0.2) is 53.8 Å². The summed E-state index contributed by atoms with van der Waals surface area (Å²) >= 11 is 0. The minimum Gasteiger partial charge on any atom is -0.497 e. The Morgan fingerprint density at radius 2 is 1.84 bits per heavy atom. The monoisotopic (exact) mass is 427 g/mol. The van der Waals surface area contributed by atoms with E-state index in [0.717, 1.165) is 44.2 Å². The highest BCUT2D eigenvalue weighted by molar-refractivity contribution is 5.79. The summed E-state index contributed by atoms with van der Waals surface area (Å²) in [6, 6.07) is 11.9. The first-order chi connectivity index (χ1) is 15.2. The number of guanidine groups is 1. The first kappa shape index (κ1) is 23.0. The van der Waals surface area contributed by atoms with Crippen LogP contribution in [0.4, 0.5) is 0 Å². The molecule has 1 aliphatic rings. The molecule has 0 saturated carbocycles. The van der Waals surface area contributed by atoms with Gasteiger partial charge in [-0.05, 0) is 42.3 Å². The van der Waals surface area contributed by atoms with Gasteiger partial charge in [-0.1, -0.05) is 12.1 Å². The summed E-state index contributed by atoms with van der Waals surface area (Å²) in [4.78, 5) is 11.2. The van der Waals surface area contributed by atoms with E-state index < -0.39 is 6.10 Å². The van der Waals surface area contributed by atoms with Crippen LogP contribution < -0.4 is 15.4 Å². The molecule has 8 heteroatoms. The van der Waals surface area contributed by atoms with E-state index in [2.05, 4.69) is 32.7 Å². The van der Waals surface area contributed by atoms with Crippen LogP contribution in [0, 0.1) is 0 Å². The number of hydrogen-bond acceptors (Lipinski definition) is 6. The van der Waals surface area contributed by atoms with Gasteiger partial charge in [0.05, 0.1) is 39.0 Å². The molecule has 0 radical (unpaired) electrons. The van der Waals surface area contributed by atoms with Gasteiger partial charge in [-0.3, -0.25) is 14.9 Å². The Kier molecular flexibility index (Phi) is 9.08. The summed E-state index contributed by atoms with van der Waals surface area (Å²) in [6.07, 6.45) is 2.72. The molecular formula is C23H33N5O3. The van der Waals surface area contributed by atoms with Gasteiger partial charge < -0.3 is 25.2 Å². The van der Waals surface area contributed by atoms with Crippen molar-refractivity contribution in [3.63, 3.8) is 0 Å². The summed E-state index contributed by atoms with van der Waals surface area (Å²) in [5, 5.41) is 17.0. The third-order valence-corrected chi connectivity index (χ3v) is 5.31. The number of pyridine rings is 1. The van der Waals surface area contributed by atoms with Crippen LogP contribution in [0.2, 0.25) is 0 Å². The summed E-state index contributed by atoms with van der Waals surface area (Å²) in [5.41, 5.74) is 2.02. The lowest BCUT2D eigenvalue weighted by molar-refractivity contribution is 0.0179. The number of benzene rings is 1. The molecule has 1 aromatic heterocycles. The zero-order valence-corrected chi connectivity index (χ0v) is 18.3. The topological polar surface area (TPSA) is 91.2 Å². The minimum atomic E-state index is -0.636. The Balaban J connectivity index is 1.70. The molecule has 168 valence electrons. The molecule has 2 atom stereocenters. The van der Waals surface area contributed by atoms with E-state index >= 15 is 0 Å². The van der Waals surface area contributed by atoms with Gasteiger partial charge in [0.25, 0.3) is 0 Å². The van der Waals surface area contributed by atoms with Gasteiger partial charge >= 0.3 is 0 Å². The Hall–Kier alpha value is -2.68. The van der Waals surface area contributed by atoms with E-state index in [1.165, 1.54) is 5.56 Å². The lowest BCUT2D eigenvalue weighted by atomic mass is 10.0. The maximum atomic E-state index is 10.4. The summed E-state index contributed by atoms with van der Waals surface area (Å²) in [5.74, 6) is 1.52. The van der Waals surface area contributed by atoms with Crippen molar-refractivity contribution in [2.75, 3.05) is 53.0 Å². The van der Waals surface area contributed by atoms with Gasteiger partial charge in [0.2, 0.25) is 0 Å². The van der Waals surface area contributed by atoms with E-state index in [9.17, 15) is 5.11 Å². The molecule has 3 rings (SSSR count). The van der Waals surface area contributed by atoms with Crippen LogP contribution in [0.3, 0.4) is 0 Å². The van der Waals surface area contributed by atoms with Crippen molar-refractivity contribution in [1.82, 2.24) is 20.5 Å². The molecule has 0 bridgehead atoms. The number of aliphatic hydroxyl groups is 1. The summed E-state index contributed by atoms with van der Waals surface area (Å²) in [6.45, 7) is 6.92. The van der Waals surface area contributed by atoms with Crippen LogP contribution in [0.25, 0.3) is 0 Å². The highest BCUT2D eigenvalue weighted by Gasteiger charge is 2.23. The Morgan fingerprint density at radius 3 is 2.48 bits per heavy atom. The molecule has 2 heterocycles. The fourth-order valence-corrected chi connectivity index (χ4v) is 3.56. The molecule has 1 fully saturated rings. The standard InChI is InChI=1S/C23H33N5O3/c1-3-25-23(27-17-22(29)19-8-10-24-11-9-19)26-16-21(28-12-14-31-15-13-28)18-4-6-20(30-2)7-5-18/h4-11,21-22,29H,3,12-17H2,1-2H3,(H2,25,26,27). The molecule has 8 nitrogen and oxygen atoms in total. The van der Waals surface area contributed by atoms with Crippen molar-refractivity contribution in [1.29, 1.82) is 0 Å². The molecule has 0 amide bonds. The molecular weight excluding hydrogens is 394 g/mol. The second-order valence-electron chi connectivity index (χ2n) is 7.33. The van der Waals surface area contributed by atoms with Crippen molar-refractivity contribution in [2.24, 2.45) is 4.99 Å². The van der Waals surface area contributed by atoms with Gasteiger partial charge in [-0.25, -0.2) is 0 Å². The molecule has 1 aromatic carbocycles. The van der Waals surface area contributed by atoms with E-state index in [4.69, 9.17) is 14.5 Å². The van der Waals surface area contributed by atoms with E-state index in [0.29, 0.717) is 19.0 Å². The quantitative estimate of drug-likeness (QED) is 0.415.